The normalized spacial score (nSPS) is 18.2. The number of carbonyl (C=O) groups excluding carboxylic acids is 3. The number of thioether (sulfide) groups is 1. The lowest BCUT2D eigenvalue weighted by molar-refractivity contribution is -0.137. The van der Waals surface area contributed by atoms with E-state index < -0.39 is 17.6 Å². The van der Waals surface area contributed by atoms with Crippen LogP contribution in [-0.2, 0) is 20.6 Å². The zero-order valence-corrected chi connectivity index (χ0v) is 18.9. The van der Waals surface area contributed by atoms with Gasteiger partial charge in [-0.15, -0.1) is 0 Å². The summed E-state index contributed by atoms with van der Waals surface area (Å²) >= 11 is 1.21. The van der Waals surface area contributed by atoms with Crippen LogP contribution in [0.3, 0.4) is 0 Å². The Morgan fingerprint density at radius 1 is 1.06 bits per heavy atom. The summed E-state index contributed by atoms with van der Waals surface area (Å²) in [6.45, 7) is 0.597. The van der Waals surface area contributed by atoms with Gasteiger partial charge in [0.25, 0.3) is 5.91 Å². The zero-order chi connectivity index (χ0) is 24.5. The zero-order valence-electron chi connectivity index (χ0n) is 18.0. The van der Waals surface area contributed by atoms with E-state index in [0.29, 0.717) is 42.1 Å². The second-order valence-corrected chi connectivity index (χ2v) is 9.23. The van der Waals surface area contributed by atoms with Crippen molar-refractivity contribution in [2.75, 3.05) is 24.5 Å². The molecule has 2 aromatic carbocycles. The molecule has 2 aliphatic heterocycles. The number of amides is 3. The van der Waals surface area contributed by atoms with E-state index in [4.69, 9.17) is 5.73 Å². The molecule has 0 unspecified atom stereocenters. The van der Waals surface area contributed by atoms with Gasteiger partial charge in [0.1, 0.15) is 6.54 Å². The van der Waals surface area contributed by atoms with Crippen LogP contribution in [0.2, 0.25) is 0 Å². The van der Waals surface area contributed by atoms with E-state index in [1.807, 2.05) is 12.1 Å². The lowest BCUT2D eigenvalue weighted by Crippen LogP contribution is -2.48. The number of hydrogen-bond donors (Lipinski definition) is 1. The van der Waals surface area contributed by atoms with E-state index in [2.05, 4.69) is 0 Å². The molecule has 4 rings (SSSR count). The van der Waals surface area contributed by atoms with Gasteiger partial charge in [-0.3, -0.25) is 19.3 Å². The smallest absolute Gasteiger partial charge is 0.369 e. The van der Waals surface area contributed by atoms with Gasteiger partial charge in [-0.25, -0.2) is 0 Å². The van der Waals surface area contributed by atoms with Gasteiger partial charge in [-0.05, 0) is 48.7 Å². The van der Waals surface area contributed by atoms with Crippen molar-refractivity contribution < 1.29 is 27.6 Å². The maximum absolute atomic E-state index is 13.3. The van der Waals surface area contributed by atoms with Crippen molar-refractivity contribution in [1.82, 2.24) is 4.90 Å². The number of para-hydroxylation sites is 1. The molecule has 2 heterocycles. The van der Waals surface area contributed by atoms with Crippen LogP contribution in [0.5, 0.6) is 0 Å². The van der Waals surface area contributed by atoms with Crippen molar-refractivity contribution in [3.8, 4) is 0 Å². The molecule has 0 saturated carbocycles. The number of primary amides is 1. The van der Waals surface area contributed by atoms with Crippen LogP contribution < -0.4 is 10.6 Å². The van der Waals surface area contributed by atoms with Crippen molar-refractivity contribution in [2.45, 2.75) is 23.9 Å². The summed E-state index contributed by atoms with van der Waals surface area (Å²) in [6, 6.07) is 11.7. The fraction of sp³-hybridized carbons (Fsp3) is 0.292. The van der Waals surface area contributed by atoms with E-state index in [1.54, 1.807) is 17.0 Å². The van der Waals surface area contributed by atoms with E-state index in [-0.39, 0.29) is 24.3 Å². The number of hydrogen-bond acceptors (Lipinski definition) is 4. The third kappa shape index (κ3) is 5.11. The average molecular weight is 490 g/mol. The second-order valence-electron chi connectivity index (χ2n) is 8.15. The number of rotatable bonds is 4. The highest BCUT2D eigenvalue weighted by Crippen LogP contribution is 2.42. The number of fused-ring (bicyclic) bond motifs is 1. The Kier molecular flexibility index (Phi) is 6.70. The van der Waals surface area contributed by atoms with Gasteiger partial charge in [-0.1, -0.05) is 36.0 Å². The lowest BCUT2D eigenvalue weighted by atomic mass is 9.96. The summed E-state index contributed by atoms with van der Waals surface area (Å²) < 4.78 is 38.6. The molecule has 1 saturated heterocycles. The Morgan fingerprint density at radius 3 is 2.32 bits per heavy atom. The summed E-state index contributed by atoms with van der Waals surface area (Å²) in [4.78, 5) is 41.7. The first kappa shape index (κ1) is 23.9. The molecule has 178 valence electrons. The van der Waals surface area contributed by atoms with Crippen LogP contribution >= 0.6 is 11.8 Å². The van der Waals surface area contributed by atoms with Crippen molar-refractivity contribution in [1.29, 1.82) is 0 Å². The standard InChI is InChI=1S/C24H22F3N3O3S/c25-24(26,27)17-7-5-15(6-8-17)13-20-23(33)30(18-3-1-2-4-19(18)34-20)14-21(31)29-11-9-16(10-12-29)22(28)32/h1-8,13,16H,9-12,14H2,(H2,28,32)/b20-13-. The molecular formula is C24H22F3N3O3S. The monoisotopic (exact) mass is 489 g/mol. The van der Waals surface area contributed by atoms with Gasteiger partial charge in [0.05, 0.1) is 16.2 Å². The maximum Gasteiger partial charge on any atom is 0.416 e. The molecule has 2 N–H and O–H groups in total. The second kappa shape index (κ2) is 9.54. The predicted octanol–water partition coefficient (Wildman–Crippen LogP) is 3.91. The minimum Gasteiger partial charge on any atom is -0.369 e. The SMILES string of the molecule is NC(=O)C1CCN(C(=O)CN2C(=O)/C(=C/c3ccc(C(F)(F)F)cc3)Sc3ccccc32)CC1. The highest BCUT2D eigenvalue weighted by molar-refractivity contribution is 8.04. The number of nitrogens with zero attached hydrogens (tertiary/aromatic N) is 2. The molecule has 1 fully saturated rings. The summed E-state index contributed by atoms with van der Waals surface area (Å²) in [5.41, 5.74) is 5.64. The van der Waals surface area contributed by atoms with Crippen LogP contribution in [0.1, 0.15) is 24.0 Å². The highest BCUT2D eigenvalue weighted by Gasteiger charge is 2.33. The Labute approximate surface area is 198 Å². The maximum atomic E-state index is 13.3. The Bertz CT molecular complexity index is 1140. The van der Waals surface area contributed by atoms with Crippen molar-refractivity contribution >= 4 is 41.2 Å². The number of alkyl halides is 3. The number of halogens is 3. The number of piperidine rings is 1. The lowest BCUT2D eigenvalue weighted by Gasteiger charge is -2.34. The van der Waals surface area contributed by atoms with Crippen LogP contribution in [0, 0.1) is 5.92 Å². The summed E-state index contributed by atoms with van der Waals surface area (Å²) in [6.07, 6.45) is -1.94. The molecule has 2 aromatic rings. The Balaban J connectivity index is 1.55. The summed E-state index contributed by atoms with van der Waals surface area (Å²) in [7, 11) is 0. The minimum absolute atomic E-state index is 0.179. The van der Waals surface area contributed by atoms with Crippen LogP contribution in [-0.4, -0.2) is 42.3 Å². The molecule has 2 aliphatic rings. The number of likely N-dealkylation sites (tertiary alicyclic amines) is 1. The van der Waals surface area contributed by atoms with E-state index in [0.717, 1.165) is 17.0 Å². The van der Waals surface area contributed by atoms with Crippen LogP contribution in [0.15, 0.2) is 58.3 Å². The summed E-state index contributed by atoms with van der Waals surface area (Å²) in [5, 5.41) is 0. The fourth-order valence-corrected chi connectivity index (χ4v) is 5.05. The third-order valence-electron chi connectivity index (χ3n) is 5.91. The number of anilines is 1. The first-order valence-electron chi connectivity index (χ1n) is 10.7. The van der Waals surface area contributed by atoms with Crippen molar-refractivity contribution in [2.24, 2.45) is 11.7 Å². The number of carbonyl (C=O) groups is 3. The first-order valence-corrected chi connectivity index (χ1v) is 11.5. The van der Waals surface area contributed by atoms with E-state index in [9.17, 15) is 27.6 Å². The van der Waals surface area contributed by atoms with Crippen molar-refractivity contribution in [3.63, 3.8) is 0 Å². The quantitative estimate of drug-likeness (QED) is 0.661. The molecule has 3 amide bonds. The third-order valence-corrected chi connectivity index (χ3v) is 6.99. The largest absolute Gasteiger partial charge is 0.416 e. The molecule has 10 heteroatoms. The topological polar surface area (TPSA) is 83.7 Å². The number of nitrogens with two attached hydrogens (primary N) is 1. The molecular weight excluding hydrogens is 467 g/mol. The molecule has 0 bridgehead atoms. The number of benzene rings is 2. The van der Waals surface area contributed by atoms with Gasteiger partial charge < -0.3 is 10.6 Å². The highest BCUT2D eigenvalue weighted by atomic mass is 32.2. The Hall–Kier alpha value is -3.27. The summed E-state index contributed by atoms with van der Waals surface area (Å²) in [5.74, 6) is -1.27. The molecule has 34 heavy (non-hydrogen) atoms. The van der Waals surface area contributed by atoms with Crippen LogP contribution in [0.4, 0.5) is 18.9 Å². The van der Waals surface area contributed by atoms with E-state index >= 15 is 0 Å². The van der Waals surface area contributed by atoms with Gasteiger partial charge in [-0.2, -0.15) is 13.2 Å². The average Bonchev–Trinajstić information content (AvgIpc) is 2.81. The fourth-order valence-electron chi connectivity index (χ4n) is 3.99. The molecule has 0 atom stereocenters. The molecule has 0 radical (unpaired) electrons. The van der Waals surface area contributed by atoms with Crippen LogP contribution in [0.25, 0.3) is 6.08 Å². The predicted molar refractivity (Wildman–Crippen MR) is 123 cm³/mol. The minimum atomic E-state index is -4.44. The van der Waals surface area contributed by atoms with E-state index in [1.165, 1.54) is 34.9 Å². The van der Waals surface area contributed by atoms with Gasteiger partial charge in [0.15, 0.2) is 0 Å². The Morgan fingerprint density at radius 2 is 1.71 bits per heavy atom. The molecule has 0 aliphatic carbocycles. The molecule has 6 nitrogen and oxygen atoms in total. The molecule has 0 aromatic heterocycles. The van der Waals surface area contributed by atoms with Gasteiger partial charge in [0.2, 0.25) is 11.8 Å². The first-order chi connectivity index (χ1) is 16.1. The van der Waals surface area contributed by atoms with Gasteiger partial charge >= 0.3 is 6.18 Å². The van der Waals surface area contributed by atoms with Gasteiger partial charge in [0, 0.05) is 23.9 Å². The van der Waals surface area contributed by atoms with Crippen molar-refractivity contribution in [3.05, 3.63) is 64.6 Å². The molecule has 0 spiro atoms.